The molecule has 0 bridgehead atoms. The first-order chi connectivity index (χ1) is 7.67. The van der Waals surface area contributed by atoms with Gasteiger partial charge in [0.15, 0.2) is 0 Å². The molecule has 2 N–H and O–H groups in total. The summed E-state index contributed by atoms with van der Waals surface area (Å²) in [5, 5.41) is 0. The largest absolute Gasteiger partial charge is 0.377 e. The van der Waals surface area contributed by atoms with Crippen molar-refractivity contribution >= 4 is 0 Å². The van der Waals surface area contributed by atoms with Gasteiger partial charge in [0.25, 0.3) is 0 Å². The zero-order valence-electron chi connectivity index (χ0n) is 11.1. The summed E-state index contributed by atoms with van der Waals surface area (Å²) in [6.45, 7) is 10.4. The van der Waals surface area contributed by atoms with Crippen LogP contribution in [0, 0.1) is 5.92 Å². The molecule has 0 aromatic carbocycles. The van der Waals surface area contributed by atoms with Gasteiger partial charge >= 0.3 is 0 Å². The Kier molecular flexibility index (Phi) is 6.32. The third kappa shape index (κ3) is 5.28. The molecule has 0 saturated heterocycles. The second-order valence-electron chi connectivity index (χ2n) is 5.13. The quantitative estimate of drug-likeness (QED) is 0.654. The van der Waals surface area contributed by atoms with Crippen molar-refractivity contribution in [1.29, 1.82) is 0 Å². The Balaban J connectivity index is 2.23. The van der Waals surface area contributed by atoms with Crippen LogP contribution in [0.2, 0.25) is 0 Å². The maximum atomic E-state index is 5.69. The lowest BCUT2D eigenvalue weighted by Gasteiger charge is -2.28. The van der Waals surface area contributed by atoms with Crippen LogP contribution in [0.1, 0.15) is 40.0 Å². The minimum absolute atomic E-state index is 0.241. The Bertz CT molecular complexity index is 181. The van der Waals surface area contributed by atoms with Crippen molar-refractivity contribution in [3.05, 3.63) is 0 Å². The van der Waals surface area contributed by atoms with Crippen LogP contribution in [0.5, 0.6) is 0 Å². The summed E-state index contributed by atoms with van der Waals surface area (Å²) >= 11 is 0. The van der Waals surface area contributed by atoms with Gasteiger partial charge in [-0.05, 0) is 46.0 Å². The molecule has 0 aromatic rings. The van der Waals surface area contributed by atoms with E-state index in [1.807, 2.05) is 6.92 Å². The van der Waals surface area contributed by atoms with Gasteiger partial charge in [0.2, 0.25) is 0 Å². The maximum absolute atomic E-state index is 5.69. The molecule has 1 unspecified atom stereocenters. The monoisotopic (exact) mass is 228 g/mol. The van der Waals surface area contributed by atoms with Crippen molar-refractivity contribution in [2.45, 2.75) is 52.2 Å². The lowest BCUT2D eigenvalue weighted by atomic mass is 10.2. The second kappa shape index (κ2) is 7.25. The van der Waals surface area contributed by atoms with Crippen LogP contribution < -0.4 is 5.73 Å². The van der Waals surface area contributed by atoms with E-state index in [2.05, 4.69) is 18.7 Å². The number of hydrogen-bond donors (Lipinski definition) is 1. The Labute approximate surface area is 100 Å². The maximum Gasteiger partial charge on any atom is 0.0709 e. The minimum Gasteiger partial charge on any atom is -0.377 e. The highest BCUT2D eigenvalue weighted by molar-refractivity contribution is 4.79. The fourth-order valence-electron chi connectivity index (χ4n) is 2.01. The van der Waals surface area contributed by atoms with Crippen LogP contribution >= 0.6 is 0 Å². The summed E-state index contributed by atoms with van der Waals surface area (Å²) in [4.78, 5) is 2.57. The van der Waals surface area contributed by atoms with Crippen molar-refractivity contribution in [3.63, 3.8) is 0 Å². The Morgan fingerprint density at radius 3 is 2.50 bits per heavy atom. The summed E-state index contributed by atoms with van der Waals surface area (Å²) in [6.07, 6.45) is 4.16. The molecule has 16 heavy (non-hydrogen) atoms. The highest BCUT2D eigenvalue weighted by Crippen LogP contribution is 2.30. The smallest absolute Gasteiger partial charge is 0.0709 e. The number of ether oxygens (including phenoxy) is 1. The van der Waals surface area contributed by atoms with E-state index in [-0.39, 0.29) is 6.10 Å². The van der Waals surface area contributed by atoms with E-state index in [0.29, 0.717) is 12.6 Å². The minimum atomic E-state index is 0.241. The van der Waals surface area contributed by atoms with Gasteiger partial charge in [-0.3, -0.25) is 0 Å². The highest BCUT2D eigenvalue weighted by Gasteiger charge is 2.25. The van der Waals surface area contributed by atoms with E-state index in [1.54, 1.807) is 0 Å². The average Bonchev–Trinajstić information content (AvgIpc) is 3.05. The molecule has 3 nitrogen and oxygen atoms in total. The van der Waals surface area contributed by atoms with E-state index in [1.165, 1.54) is 19.4 Å². The number of hydrogen-bond acceptors (Lipinski definition) is 3. The van der Waals surface area contributed by atoms with Gasteiger partial charge in [-0.1, -0.05) is 0 Å². The van der Waals surface area contributed by atoms with Crippen LogP contribution in [0.15, 0.2) is 0 Å². The lowest BCUT2D eigenvalue weighted by molar-refractivity contribution is 0.0507. The molecule has 0 spiro atoms. The van der Waals surface area contributed by atoms with Crippen molar-refractivity contribution in [2.24, 2.45) is 11.7 Å². The molecule has 0 radical (unpaired) electrons. The van der Waals surface area contributed by atoms with Crippen LogP contribution in [0.3, 0.4) is 0 Å². The number of nitrogens with two attached hydrogens (primary N) is 1. The van der Waals surface area contributed by atoms with E-state index in [4.69, 9.17) is 10.5 Å². The summed E-state index contributed by atoms with van der Waals surface area (Å²) in [7, 11) is 0. The molecule has 0 aliphatic heterocycles. The van der Waals surface area contributed by atoms with Crippen molar-refractivity contribution in [1.82, 2.24) is 4.90 Å². The number of rotatable bonds is 9. The summed E-state index contributed by atoms with van der Waals surface area (Å²) in [5.41, 5.74) is 5.69. The second-order valence-corrected chi connectivity index (χ2v) is 5.13. The first-order valence-corrected chi connectivity index (χ1v) is 6.73. The van der Waals surface area contributed by atoms with Crippen LogP contribution in [-0.4, -0.2) is 43.3 Å². The van der Waals surface area contributed by atoms with Crippen molar-refractivity contribution in [3.8, 4) is 0 Å². The Hall–Kier alpha value is -0.120. The SMILES string of the molecule is CCOC(CN)CCN(CC1CC1)C(C)C. The average molecular weight is 228 g/mol. The van der Waals surface area contributed by atoms with Crippen LogP contribution in [-0.2, 0) is 4.74 Å². The fourth-order valence-corrected chi connectivity index (χ4v) is 2.01. The van der Waals surface area contributed by atoms with Crippen LogP contribution in [0.25, 0.3) is 0 Å². The van der Waals surface area contributed by atoms with Gasteiger partial charge in [0.05, 0.1) is 6.10 Å². The summed E-state index contributed by atoms with van der Waals surface area (Å²) in [6, 6.07) is 0.639. The molecule has 0 aromatic heterocycles. The standard InChI is InChI=1S/C13H28N2O/c1-4-16-13(9-14)7-8-15(11(2)3)10-12-5-6-12/h11-13H,4-10,14H2,1-3H3. The molecular weight excluding hydrogens is 200 g/mol. The zero-order valence-corrected chi connectivity index (χ0v) is 11.1. The third-order valence-electron chi connectivity index (χ3n) is 3.32. The Morgan fingerprint density at radius 2 is 2.06 bits per heavy atom. The molecule has 1 fully saturated rings. The van der Waals surface area contributed by atoms with E-state index < -0.39 is 0 Å². The van der Waals surface area contributed by atoms with Gasteiger partial charge in [-0.25, -0.2) is 0 Å². The third-order valence-corrected chi connectivity index (χ3v) is 3.32. The predicted octanol–water partition coefficient (Wildman–Crippen LogP) is 1.86. The molecule has 96 valence electrons. The van der Waals surface area contributed by atoms with E-state index in [9.17, 15) is 0 Å². The topological polar surface area (TPSA) is 38.5 Å². The summed E-state index contributed by atoms with van der Waals surface area (Å²) in [5.74, 6) is 0.964. The molecule has 1 aliphatic carbocycles. The molecule has 3 heteroatoms. The first kappa shape index (κ1) is 13.9. The summed E-state index contributed by atoms with van der Waals surface area (Å²) < 4.78 is 5.59. The molecule has 0 heterocycles. The fraction of sp³-hybridized carbons (Fsp3) is 1.00. The van der Waals surface area contributed by atoms with Gasteiger partial charge < -0.3 is 15.4 Å². The van der Waals surface area contributed by atoms with E-state index >= 15 is 0 Å². The lowest BCUT2D eigenvalue weighted by Crippen LogP contribution is -2.37. The molecule has 1 aliphatic rings. The molecule has 1 atom stereocenters. The van der Waals surface area contributed by atoms with Crippen molar-refractivity contribution < 1.29 is 4.74 Å². The van der Waals surface area contributed by atoms with Gasteiger partial charge in [-0.2, -0.15) is 0 Å². The normalized spacial score (nSPS) is 18.4. The highest BCUT2D eigenvalue weighted by atomic mass is 16.5. The van der Waals surface area contributed by atoms with Gasteiger partial charge in [0.1, 0.15) is 0 Å². The molecule has 1 rings (SSSR count). The number of nitrogens with zero attached hydrogens (tertiary/aromatic N) is 1. The molecule has 1 saturated carbocycles. The molecular formula is C13H28N2O. The predicted molar refractivity (Wildman–Crippen MR) is 68.5 cm³/mol. The van der Waals surface area contributed by atoms with Gasteiger partial charge in [0, 0.05) is 32.3 Å². The first-order valence-electron chi connectivity index (χ1n) is 6.73. The van der Waals surface area contributed by atoms with E-state index in [0.717, 1.165) is 25.5 Å². The zero-order chi connectivity index (χ0) is 12.0. The van der Waals surface area contributed by atoms with Crippen molar-refractivity contribution in [2.75, 3.05) is 26.2 Å². The van der Waals surface area contributed by atoms with Crippen LogP contribution in [0.4, 0.5) is 0 Å². The molecule has 0 amide bonds. The Morgan fingerprint density at radius 1 is 1.38 bits per heavy atom. The van der Waals surface area contributed by atoms with Gasteiger partial charge in [-0.15, -0.1) is 0 Å².